The Bertz CT molecular complexity index is 331. The first-order valence-corrected chi connectivity index (χ1v) is 6.04. The van der Waals surface area contributed by atoms with E-state index in [1.54, 1.807) is 0 Å². The van der Waals surface area contributed by atoms with E-state index >= 15 is 0 Å². The van der Waals surface area contributed by atoms with E-state index < -0.39 is 0 Å². The van der Waals surface area contributed by atoms with Crippen molar-refractivity contribution in [1.82, 2.24) is 20.2 Å². The maximum atomic E-state index is 11.3. The molecule has 7 nitrogen and oxygen atoms in total. The third-order valence-electron chi connectivity index (χ3n) is 1.66. The highest BCUT2D eigenvalue weighted by molar-refractivity contribution is 7.98. The Morgan fingerprint density at radius 3 is 3.00 bits per heavy atom. The second-order valence-electron chi connectivity index (χ2n) is 2.74. The standard InChI is InChI=1S/C8H14N4O3S/c1-3-14-4-5-15-7(13)6-12-8(16-2)9-10-11-12/h3-6H2,1-2H3. The van der Waals surface area contributed by atoms with Gasteiger partial charge in [0, 0.05) is 6.61 Å². The van der Waals surface area contributed by atoms with Crippen LogP contribution in [0.4, 0.5) is 0 Å². The van der Waals surface area contributed by atoms with E-state index in [4.69, 9.17) is 9.47 Å². The van der Waals surface area contributed by atoms with Gasteiger partial charge in [-0.05, 0) is 23.6 Å². The number of aromatic nitrogens is 4. The van der Waals surface area contributed by atoms with E-state index in [1.165, 1.54) is 16.4 Å². The summed E-state index contributed by atoms with van der Waals surface area (Å²) in [7, 11) is 0. The van der Waals surface area contributed by atoms with Gasteiger partial charge < -0.3 is 9.47 Å². The average Bonchev–Trinajstić information content (AvgIpc) is 2.71. The van der Waals surface area contributed by atoms with Crippen molar-refractivity contribution in [2.75, 3.05) is 26.1 Å². The molecule has 0 unspecified atom stereocenters. The third kappa shape index (κ3) is 4.15. The summed E-state index contributed by atoms with van der Waals surface area (Å²) in [4.78, 5) is 11.3. The first-order valence-electron chi connectivity index (χ1n) is 4.81. The minimum Gasteiger partial charge on any atom is -0.462 e. The molecule has 0 fully saturated rings. The fourth-order valence-corrected chi connectivity index (χ4v) is 1.40. The average molecular weight is 246 g/mol. The summed E-state index contributed by atoms with van der Waals surface area (Å²) in [6.07, 6.45) is 1.84. The molecule has 0 atom stereocenters. The first-order chi connectivity index (χ1) is 7.77. The zero-order valence-electron chi connectivity index (χ0n) is 9.25. The van der Waals surface area contributed by atoms with Crippen LogP contribution in [0.2, 0.25) is 0 Å². The highest BCUT2D eigenvalue weighted by atomic mass is 32.2. The predicted molar refractivity (Wildman–Crippen MR) is 57.1 cm³/mol. The molecular formula is C8H14N4O3S. The van der Waals surface area contributed by atoms with E-state index in [9.17, 15) is 4.79 Å². The van der Waals surface area contributed by atoms with Gasteiger partial charge in [0.15, 0.2) is 0 Å². The van der Waals surface area contributed by atoms with E-state index in [-0.39, 0.29) is 19.1 Å². The third-order valence-corrected chi connectivity index (χ3v) is 2.31. The second kappa shape index (κ2) is 7.18. The smallest absolute Gasteiger partial charge is 0.328 e. The van der Waals surface area contributed by atoms with Crippen LogP contribution in [0.15, 0.2) is 5.16 Å². The molecular weight excluding hydrogens is 232 g/mol. The second-order valence-corrected chi connectivity index (χ2v) is 3.51. The van der Waals surface area contributed by atoms with Gasteiger partial charge in [-0.2, -0.15) is 0 Å². The van der Waals surface area contributed by atoms with Crippen LogP contribution in [0.1, 0.15) is 6.92 Å². The van der Waals surface area contributed by atoms with Crippen LogP contribution in [0, 0.1) is 0 Å². The Kier molecular flexibility index (Phi) is 5.79. The lowest BCUT2D eigenvalue weighted by Gasteiger charge is -2.05. The fraction of sp³-hybridized carbons (Fsp3) is 0.750. The van der Waals surface area contributed by atoms with E-state index in [1.807, 2.05) is 13.2 Å². The number of ether oxygens (including phenoxy) is 2. The van der Waals surface area contributed by atoms with Gasteiger partial charge in [0.2, 0.25) is 5.16 Å². The first kappa shape index (κ1) is 12.9. The highest BCUT2D eigenvalue weighted by Gasteiger charge is 2.10. The summed E-state index contributed by atoms with van der Waals surface area (Å²) < 4.78 is 11.4. The summed E-state index contributed by atoms with van der Waals surface area (Å²) >= 11 is 1.37. The highest BCUT2D eigenvalue weighted by Crippen LogP contribution is 2.07. The molecule has 0 spiro atoms. The van der Waals surface area contributed by atoms with Gasteiger partial charge in [0.05, 0.1) is 6.61 Å². The van der Waals surface area contributed by atoms with Crippen molar-refractivity contribution < 1.29 is 14.3 Å². The van der Waals surface area contributed by atoms with Crippen LogP contribution >= 0.6 is 11.8 Å². The van der Waals surface area contributed by atoms with Gasteiger partial charge in [-0.1, -0.05) is 11.8 Å². The molecule has 0 saturated heterocycles. The Hall–Kier alpha value is -1.15. The topological polar surface area (TPSA) is 79.1 Å². The number of thioether (sulfide) groups is 1. The number of nitrogens with zero attached hydrogens (tertiary/aromatic N) is 4. The monoisotopic (exact) mass is 246 g/mol. The minimum atomic E-state index is -0.373. The van der Waals surface area contributed by atoms with Crippen molar-refractivity contribution in [3.63, 3.8) is 0 Å². The van der Waals surface area contributed by atoms with Crippen molar-refractivity contribution in [3.05, 3.63) is 0 Å². The molecule has 0 aliphatic rings. The van der Waals surface area contributed by atoms with Crippen molar-refractivity contribution in [3.8, 4) is 0 Å². The number of carbonyl (C=O) groups excluding carboxylic acids is 1. The maximum Gasteiger partial charge on any atom is 0.328 e. The van der Waals surface area contributed by atoms with Crippen LogP contribution in [0.5, 0.6) is 0 Å². The lowest BCUT2D eigenvalue weighted by atomic mass is 10.6. The van der Waals surface area contributed by atoms with Gasteiger partial charge in [-0.25, -0.2) is 4.68 Å². The number of hydrogen-bond donors (Lipinski definition) is 0. The molecule has 0 amide bonds. The Labute approximate surface area is 97.5 Å². The summed E-state index contributed by atoms with van der Waals surface area (Å²) in [6, 6.07) is 0. The normalized spacial score (nSPS) is 10.4. The molecule has 0 radical (unpaired) electrons. The molecule has 8 heteroatoms. The number of carbonyl (C=O) groups is 1. The van der Waals surface area contributed by atoms with Crippen LogP contribution in [-0.4, -0.2) is 52.3 Å². The molecule has 0 bridgehead atoms. The molecule has 1 aromatic heterocycles. The largest absolute Gasteiger partial charge is 0.462 e. The number of esters is 1. The van der Waals surface area contributed by atoms with Crippen molar-refractivity contribution in [2.24, 2.45) is 0 Å². The van der Waals surface area contributed by atoms with Gasteiger partial charge in [0.1, 0.15) is 13.2 Å². The van der Waals surface area contributed by atoms with E-state index in [2.05, 4.69) is 15.5 Å². The minimum absolute atomic E-state index is 0.0231. The molecule has 1 aromatic rings. The van der Waals surface area contributed by atoms with Crippen molar-refractivity contribution in [2.45, 2.75) is 18.6 Å². The van der Waals surface area contributed by atoms with Gasteiger partial charge in [-0.3, -0.25) is 4.79 Å². The Balaban J connectivity index is 2.28. The van der Waals surface area contributed by atoms with Crippen molar-refractivity contribution >= 4 is 17.7 Å². The van der Waals surface area contributed by atoms with Gasteiger partial charge in [0.25, 0.3) is 0 Å². The molecule has 0 aliphatic heterocycles. The SMILES string of the molecule is CCOCCOC(=O)Cn1nnnc1SC. The number of rotatable bonds is 7. The van der Waals surface area contributed by atoms with Crippen molar-refractivity contribution in [1.29, 1.82) is 0 Å². The molecule has 1 rings (SSSR count). The van der Waals surface area contributed by atoms with E-state index in [0.717, 1.165) is 0 Å². The van der Waals surface area contributed by atoms with Crippen LogP contribution in [0.25, 0.3) is 0 Å². The quantitative estimate of drug-likeness (QED) is 0.380. The van der Waals surface area contributed by atoms with Crippen LogP contribution in [0.3, 0.4) is 0 Å². The zero-order valence-corrected chi connectivity index (χ0v) is 10.1. The van der Waals surface area contributed by atoms with Gasteiger partial charge >= 0.3 is 5.97 Å². The summed E-state index contributed by atoms with van der Waals surface area (Å²) in [5, 5.41) is 11.5. The van der Waals surface area contributed by atoms with Crippen LogP contribution in [-0.2, 0) is 20.8 Å². The number of tetrazole rings is 1. The lowest BCUT2D eigenvalue weighted by molar-refractivity contribution is -0.146. The maximum absolute atomic E-state index is 11.3. The predicted octanol–water partition coefficient (Wildman–Crippen LogP) is -0.0253. The Morgan fingerprint density at radius 2 is 2.31 bits per heavy atom. The molecule has 0 aliphatic carbocycles. The fourth-order valence-electron chi connectivity index (χ4n) is 0.969. The van der Waals surface area contributed by atoms with Crippen LogP contribution < -0.4 is 0 Å². The molecule has 0 aromatic carbocycles. The summed E-state index contributed by atoms with van der Waals surface area (Å²) in [6.45, 7) is 3.18. The molecule has 0 saturated carbocycles. The zero-order chi connectivity index (χ0) is 11.8. The Morgan fingerprint density at radius 1 is 1.50 bits per heavy atom. The molecule has 16 heavy (non-hydrogen) atoms. The lowest BCUT2D eigenvalue weighted by Crippen LogP contribution is -2.17. The van der Waals surface area contributed by atoms with Gasteiger partial charge in [-0.15, -0.1) is 5.10 Å². The molecule has 0 N–H and O–H groups in total. The molecule has 90 valence electrons. The molecule has 1 heterocycles. The summed E-state index contributed by atoms with van der Waals surface area (Å²) in [5.41, 5.74) is 0. The summed E-state index contributed by atoms with van der Waals surface area (Å²) in [5.74, 6) is -0.373. The number of hydrogen-bond acceptors (Lipinski definition) is 7. The van der Waals surface area contributed by atoms with E-state index in [0.29, 0.717) is 18.4 Å².